The standard InChI is InChI=1S/C27H32FN3O4/c1-18(2)16-29-24(32)23-17-35-27(31(23)25(33)20-10-8-19(3)9-11-20)12-14-30(15-13-27)26(34)21-6-4-5-7-22(21)28/h4-11,18,23H,12-17H2,1-3H3,(H,29,32)/t23-/m1/s1. The molecule has 2 heterocycles. The van der Waals surface area contributed by atoms with E-state index in [1.54, 1.807) is 34.1 Å². The van der Waals surface area contributed by atoms with E-state index in [0.29, 0.717) is 24.9 Å². The molecule has 8 heteroatoms. The molecule has 2 fully saturated rings. The highest BCUT2D eigenvalue weighted by molar-refractivity contribution is 5.98. The average Bonchev–Trinajstić information content (AvgIpc) is 3.21. The fraction of sp³-hybridized carbons (Fsp3) is 0.444. The number of benzene rings is 2. The number of nitrogens with zero attached hydrogens (tertiary/aromatic N) is 2. The molecule has 2 aliphatic heterocycles. The fourth-order valence-corrected chi connectivity index (χ4v) is 4.69. The number of nitrogens with one attached hydrogen (secondary N) is 1. The lowest BCUT2D eigenvalue weighted by Crippen LogP contribution is -2.60. The van der Waals surface area contributed by atoms with Crippen molar-refractivity contribution in [3.05, 3.63) is 71.0 Å². The van der Waals surface area contributed by atoms with Crippen LogP contribution in [0, 0.1) is 18.7 Å². The van der Waals surface area contributed by atoms with Crippen LogP contribution in [0.5, 0.6) is 0 Å². The molecule has 1 N–H and O–H groups in total. The minimum absolute atomic E-state index is 0.0225. The molecule has 0 unspecified atom stereocenters. The first-order valence-electron chi connectivity index (χ1n) is 12.1. The number of carbonyl (C=O) groups is 3. The molecule has 2 aliphatic rings. The van der Waals surface area contributed by atoms with Crippen LogP contribution in [-0.2, 0) is 9.53 Å². The highest BCUT2D eigenvalue weighted by atomic mass is 19.1. The zero-order valence-electron chi connectivity index (χ0n) is 20.4. The first-order valence-corrected chi connectivity index (χ1v) is 12.1. The lowest BCUT2D eigenvalue weighted by molar-refractivity contribution is -0.128. The second kappa shape index (κ2) is 10.2. The molecule has 2 aromatic rings. The van der Waals surface area contributed by atoms with Gasteiger partial charge >= 0.3 is 0 Å². The molecular formula is C27H32FN3O4. The first kappa shape index (κ1) is 24.9. The van der Waals surface area contributed by atoms with Crippen LogP contribution in [0.2, 0.25) is 0 Å². The Hall–Kier alpha value is -3.26. The van der Waals surface area contributed by atoms with E-state index in [1.807, 2.05) is 32.9 Å². The molecule has 186 valence electrons. The summed E-state index contributed by atoms with van der Waals surface area (Å²) in [6.07, 6.45) is 0.664. The van der Waals surface area contributed by atoms with Crippen molar-refractivity contribution in [2.24, 2.45) is 5.92 Å². The van der Waals surface area contributed by atoms with E-state index in [4.69, 9.17) is 4.74 Å². The van der Waals surface area contributed by atoms with Crippen molar-refractivity contribution in [3.63, 3.8) is 0 Å². The maximum Gasteiger partial charge on any atom is 0.256 e. The Labute approximate surface area is 205 Å². The Morgan fingerprint density at radius 1 is 1.06 bits per heavy atom. The van der Waals surface area contributed by atoms with Crippen LogP contribution in [0.4, 0.5) is 4.39 Å². The number of hydrogen-bond acceptors (Lipinski definition) is 4. The Morgan fingerprint density at radius 2 is 1.71 bits per heavy atom. The molecule has 4 rings (SSSR count). The van der Waals surface area contributed by atoms with Crippen LogP contribution in [0.15, 0.2) is 48.5 Å². The smallest absolute Gasteiger partial charge is 0.256 e. The van der Waals surface area contributed by atoms with E-state index >= 15 is 0 Å². The van der Waals surface area contributed by atoms with Gasteiger partial charge in [0.1, 0.15) is 17.6 Å². The topological polar surface area (TPSA) is 79.0 Å². The highest BCUT2D eigenvalue weighted by Gasteiger charge is 2.54. The highest BCUT2D eigenvalue weighted by Crippen LogP contribution is 2.39. The molecule has 35 heavy (non-hydrogen) atoms. The molecule has 0 aromatic heterocycles. The van der Waals surface area contributed by atoms with Crippen LogP contribution in [0.1, 0.15) is 53.0 Å². The normalized spacial score (nSPS) is 19.3. The molecule has 7 nitrogen and oxygen atoms in total. The van der Waals surface area contributed by atoms with E-state index in [1.165, 1.54) is 12.1 Å². The summed E-state index contributed by atoms with van der Waals surface area (Å²) >= 11 is 0. The van der Waals surface area contributed by atoms with Crippen LogP contribution in [0.25, 0.3) is 0 Å². The Morgan fingerprint density at radius 3 is 2.34 bits per heavy atom. The molecule has 0 aliphatic carbocycles. The lowest BCUT2D eigenvalue weighted by Gasteiger charge is -2.44. The van der Waals surface area contributed by atoms with Gasteiger partial charge in [0.05, 0.1) is 12.2 Å². The van der Waals surface area contributed by atoms with Crippen LogP contribution in [0.3, 0.4) is 0 Å². The Balaban J connectivity index is 1.57. The SMILES string of the molecule is Cc1ccc(C(=O)N2[C@@H](C(=O)NCC(C)C)COC23CCN(C(=O)c2ccccc2F)CC3)cc1. The van der Waals surface area contributed by atoms with Crippen LogP contribution < -0.4 is 5.32 Å². The average molecular weight is 482 g/mol. The molecule has 0 radical (unpaired) electrons. The van der Waals surface area contributed by atoms with Gasteiger partial charge in [-0.1, -0.05) is 43.7 Å². The summed E-state index contributed by atoms with van der Waals surface area (Å²) in [5, 5.41) is 2.93. The largest absolute Gasteiger partial charge is 0.354 e. The summed E-state index contributed by atoms with van der Waals surface area (Å²) in [7, 11) is 0. The Bertz CT molecular complexity index is 1090. The number of piperidine rings is 1. The van der Waals surface area contributed by atoms with Crippen molar-refractivity contribution < 1.29 is 23.5 Å². The molecule has 2 saturated heterocycles. The summed E-state index contributed by atoms with van der Waals surface area (Å²) in [6, 6.07) is 12.4. The van der Waals surface area contributed by atoms with Gasteiger partial charge in [-0.05, 0) is 37.1 Å². The number of amides is 3. The van der Waals surface area contributed by atoms with Gasteiger partial charge in [0.2, 0.25) is 5.91 Å². The number of rotatable bonds is 5. The summed E-state index contributed by atoms with van der Waals surface area (Å²) in [5.74, 6) is -1.21. The van der Waals surface area contributed by atoms with Crippen LogP contribution >= 0.6 is 0 Å². The summed E-state index contributed by atoms with van der Waals surface area (Å²) in [4.78, 5) is 42.8. The number of ether oxygens (including phenoxy) is 1. The van der Waals surface area contributed by atoms with E-state index in [0.717, 1.165) is 5.56 Å². The number of halogens is 1. The van der Waals surface area contributed by atoms with E-state index < -0.39 is 23.5 Å². The van der Waals surface area contributed by atoms with Gasteiger partial charge in [-0.25, -0.2) is 4.39 Å². The van der Waals surface area contributed by atoms with Gasteiger partial charge in [0.25, 0.3) is 11.8 Å². The molecule has 0 bridgehead atoms. The van der Waals surface area contributed by atoms with Crippen molar-refractivity contribution >= 4 is 17.7 Å². The molecule has 3 amide bonds. The third kappa shape index (κ3) is 5.07. The predicted octanol–water partition coefficient (Wildman–Crippen LogP) is 3.38. The van der Waals surface area contributed by atoms with Crippen molar-refractivity contribution in [2.75, 3.05) is 26.2 Å². The maximum atomic E-state index is 14.2. The van der Waals surface area contributed by atoms with Gasteiger partial charge in [-0.3, -0.25) is 19.3 Å². The second-order valence-electron chi connectivity index (χ2n) is 9.73. The summed E-state index contributed by atoms with van der Waals surface area (Å²) in [6.45, 7) is 7.10. The van der Waals surface area contributed by atoms with Crippen molar-refractivity contribution in [1.29, 1.82) is 0 Å². The number of hydrogen-bond donors (Lipinski definition) is 1. The zero-order valence-corrected chi connectivity index (χ0v) is 20.4. The molecule has 1 atom stereocenters. The molecule has 2 aromatic carbocycles. The quantitative estimate of drug-likeness (QED) is 0.710. The minimum atomic E-state index is -1.01. The van der Waals surface area contributed by atoms with Crippen molar-refractivity contribution in [3.8, 4) is 0 Å². The number of carbonyl (C=O) groups excluding carboxylic acids is 3. The van der Waals surface area contributed by atoms with Crippen molar-refractivity contribution in [1.82, 2.24) is 15.1 Å². The third-order valence-corrected chi connectivity index (χ3v) is 6.70. The van der Waals surface area contributed by atoms with Gasteiger partial charge < -0.3 is 15.0 Å². The summed E-state index contributed by atoms with van der Waals surface area (Å²) in [5.41, 5.74) is 0.523. The number of aryl methyl sites for hydroxylation is 1. The first-order chi connectivity index (χ1) is 16.7. The predicted molar refractivity (Wildman–Crippen MR) is 129 cm³/mol. The minimum Gasteiger partial charge on any atom is -0.354 e. The summed E-state index contributed by atoms with van der Waals surface area (Å²) < 4.78 is 20.4. The molecular weight excluding hydrogens is 449 g/mol. The second-order valence-corrected chi connectivity index (χ2v) is 9.73. The molecule has 0 saturated carbocycles. The lowest BCUT2D eigenvalue weighted by atomic mass is 9.96. The maximum absolute atomic E-state index is 14.2. The third-order valence-electron chi connectivity index (χ3n) is 6.70. The van der Waals surface area contributed by atoms with E-state index in [-0.39, 0.29) is 43.0 Å². The van der Waals surface area contributed by atoms with Crippen LogP contribution in [-0.4, -0.2) is 65.5 Å². The fourth-order valence-electron chi connectivity index (χ4n) is 4.69. The van der Waals surface area contributed by atoms with E-state index in [2.05, 4.69) is 5.32 Å². The molecule has 1 spiro atoms. The van der Waals surface area contributed by atoms with Gasteiger partial charge in [0, 0.05) is 38.0 Å². The monoisotopic (exact) mass is 481 g/mol. The van der Waals surface area contributed by atoms with Gasteiger partial charge in [-0.2, -0.15) is 0 Å². The Kier molecular flexibility index (Phi) is 7.21. The van der Waals surface area contributed by atoms with Gasteiger partial charge in [0.15, 0.2) is 0 Å². The van der Waals surface area contributed by atoms with Crippen molar-refractivity contribution in [2.45, 2.75) is 45.4 Å². The zero-order chi connectivity index (χ0) is 25.2. The van der Waals surface area contributed by atoms with E-state index in [9.17, 15) is 18.8 Å². The number of likely N-dealkylation sites (tertiary alicyclic amines) is 1. The van der Waals surface area contributed by atoms with Gasteiger partial charge in [-0.15, -0.1) is 0 Å².